The van der Waals surface area contributed by atoms with Gasteiger partial charge < -0.3 is 10.2 Å². The van der Waals surface area contributed by atoms with Gasteiger partial charge in [0.2, 0.25) is 0 Å². The SMILES string of the molecule is Cc1ccccc1CN1C(=O)[C@]2(SC(C)(C)CN2C(=O)Nc2cccc(F)c2)c2ccccc21. The van der Waals surface area contributed by atoms with Crippen molar-refractivity contribution in [3.8, 4) is 0 Å². The molecule has 5 nitrogen and oxygen atoms in total. The first-order valence-electron chi connectivity index (χ1n) is 11.2. The Kier molecular flexibility index (Phi) is 5.40. The number of rotatable bonds is 3. The van der Waals surface area contributed by atoms with E-state index in [4.69, 9.17) is 0 Å². The fourth-order valence-corrected chi connectivity index (χ4v) is 6.56. The van der Waals surface area contributed by atoms with Crippen LogP contribution in [0.15, 0.2) is 72.8 Å². The summed E-state index contributed by atoms with van der Waals surface area (Å²) in [6.45, 7) is 6.90. The summed E-state index contributed by atoms with van der Waals surface area (Å²) in [6.07, 6.45) is 0. The van der Waals surface area contributed by atoms with Gasteiger partial charge in [-0.05, 0) is 56.2 Å². The number of aryl methyl sites for hydroxylation is 1. The number of nitrogens with zero attached hydrogens (tertiary/aromatic N) is 2. The van der Waals surface area contributed by atoms with Crippen LogP contribution in [0.2, 0.25) is 0 Å². The molecule has 0 saturated carbocycles. The van der Waals surface area contributed by atoms with Crippen LogP contribution in [0.1, 0.15) is 30.5 Å². The number of hydrogen-bond donors (Lipinski definition) is 1. The molecule has 1 atom stereocenters. The molecule has 7 heteroatoms. The van der Waals surface area contributed by atoms with Gasteiger partial charge in [-0.3, -0.25) is 9.69 Å². The highest BCUT2D eigenvalue weighted by atomic mass is 32.2. The van der Waals surface area contributed by atoms with Gasteiger partial charge in [0.1, 0.15) is 5.82 Å². The first-order chi connectivity index (χ1) is 16.2. The Hall–Kier alpha value is -3.32. The second kappa shape index (κ2) is 8.17. The van der Waals surface area contributed by atoms with Gasteiger partial charge in [-0.2, -0.15) is 0 Å². The van der Waals surface area contributed by atoms with Crippen molar-refractivity contribution in [3.63, 3.8) is 0 Å². The smallest absolute Gasteiger partial charge is 0.308 e. The first-order valence-corrected chi connectivity index (χ1v) is 12.0. The summed E-state index contributed by atoms with van der Waals surface area (Å²) in [7, 11) is 0. The topological polar surface area (TPSA) is 52.7 Å². The molecule has 1 N–H and O–H groups in total. The number of fused-ring (bicyclic) bond motifs is 2. The minimum absolute atomic E-state index is 0.137. The normalized spacial score (nSPS) is 20.6. The monoisotopic (exact) mass is 475 g/mol. The zero-order valence-corrected chi connectivity index (χ0v) is 20.2. The maximum Gasteiger partial charge on any atom is 0.323 e. The fraction of sp³-hybridized carbons (Fsp3) is 0.259. The molecule has 2 heterocycles. The van der Waals surface area contributed by atoms with Crippen LogP contribution in [0.4, 0.5) is 20.6 Å². The van der Waals surface area contributed by atoms with Crippen molar-refractivity contribution < 1.29 is 14.0 Å². The molecule has 2 aliphatic heterocycles. The molecule has 2 aliphatic rings. The van der Waals surface area contributed by atoms with Crippen molar-refractivity contribution in [3.05, 3.63) is 95.3 Å². The number of benzene rings is 3. The van der Waals surface area contributed by atoms with Gasteiger partial charge in [-0.1, -0.05) is 48.5 Å². The number of para-hydroxylation sites is 1. The summed E-state index contributed by atoms with van der Waals surface area (Å²) < 4.78 is 13.4. The van der Waals surface area contributed by atoms with Crippen LogP contribution < -0.4 is 10.2 Å². The van der Waals surface area contributed by atoms with Crippen molar-refractivity contribution in [1.82, 2.24) is 4.90 Å². The highest BCUT2D eigenvalue weighted by Crippen LogP contribution is 2.59. The average Bonchev–Trinajstić information content (AvgIpc) is 3.22. The maximum absolute atomic E-state index is 14.2. The summed E-state index contributed by atoms with van der Waals surface area (Å²) in [5.74, 6) is -0.572. The van der Waals surface area contributed by atoms with E-state index in [0.717, 1.165) is 22.4 Å². The number of urea groups is 1. The Bertz CT molecular complexity index is 1290. The molecule has 0 aromatic heterocycles. The van der Waals surface area contributed by atoms with Crippen molar-refractivity contribution in [2.75, 3.05) is 16.8 Å². The number of hydrogen-bond acceptors (Lipinski definition) is 3. The molecule has 174 valence electrons. The molecule has 0 unspecified atom stereocenters. The van der Waals surface area contributed by atoms with Crippen LogP contribution in [0.3, 0.4) is 0 Å². The van der Waals surface area contributed by atoms with E-state index in [9.17, 15) is 14.0 Å². The van der Waals surface area contributed by atoms with Gasteiger partial charge in [0.15, 0.2) is 4.87 Å². The summed E-state index contributed by atoms with van der Waals surface area (Å²) in [6, 6.07) is 21.0. The van der Waals surface area contributed by atoms with E-state index in [1.54, 1.807) is 21.9 Å². The lowest BCUT2D eigenvalue weighted by atomic mass is 10.1. The molecule has 0 bridgehead atoms. The molecule has 3 aromatic rings. The largest absolute Gasteiger partial charge is 0.323 e. The van der Waals surface area contributed by atoms with Crippen molar-refractivity contribution >= 4 is 35.1 Å². The molecule has 1 saturated heterocycles. The van der Waals surface area contributed by atoms with Gasteiger partial charge in [-0.15, -0.1) is 11.8 Å². The van der Waals surface area contributed by atoms with E-state index in [-0.39, 0.29) is 10.7 Å². The third-order valence-electron chi connectivity index (χ3n) is 6.35. The molecule has 1 fully saturated rings. The quantitative estimate of drug-likeness (QED) is 0.514. The molecule has 0 radical (unpaired) electrons. The van der Waals surface area contributed by atoms with E-state index in [0.29, 0.717) is 18.8 Å². The van der Waals surface area contributed by atoms with Crippen LogP contribution in [-0.2, 0) is 16.2 Å². The Morgan fingerprint density at radius 3 is 2.56 bits per heavy atom. The Balaban J connectivity index is 1.57. The zero-order chi connectivity index (χ0) is 24.1. The molecular formula is C27H26FN3O2S. The molecule has 3 aromatic carbocycles. The van der Waals surface area contributed by atoms with Gasteiger partial charge in [0.05, 0.1) is 12.2 Å². The number of carbonyl (C=O) groups is 2. The van der Waals surface area contributed by atoms with E-state index in [1.807, 2.05) is 69.3 Å². The first kappa shape index (κ1) is 22.5. The lowest BCUT2D eigenvalue weighted by molar-refractivity contribution is -0.123. The summed E-state index contributed by atoms with van der Waals surface area (Å²) in [5, 5.41) is 2.80. The third kappa shape index (κ3) is 3.64. The van der Waals surface area contributed by atoms with E-state index in [1.165, 1.54) is 23.9 Å². The van der Waals surface area contributed by atoms with E-state index >= 15 is 0 Å². The minimum atomic E-state index is -1.19. The summed E-state index contributed by atoms with van der Waals surface area (Å²) in [4.78, 5) is 30.0. The van der Waals surface area contributed by atoms with Crippen molar-refractivity contribution in [1.29, 1.82) is 0 Å². The standard InChI is InChI=1S/C27H26FN3O2S/c1-18-9-4-5-10-19(18)16-30-23-14-7-6-13-22(23)27(24(30)32)31(17-26(2,3)34-27)25(33)29-21-12-8-11-20(28)15-21/h4-15H,16-17H2,1-3H3,(H,29,33)/t27-/m1/s1. The van der Waals surface area contributed by atoms with Crippen molar-refractivity contribution in [2.45, 2.75) is 36.9 Å². The van der Waals surface area contributed by atoms with Crippen molar-refractivity contribution in [2.24, 2.45) is 0 Å². The molecular weight excluding hydrogens is 449 g/mol. The second-order valence-electron chi connectivity index (χ2n) is 9.37. The highest BCUT2D eigenvalue weighted by Gasteiger charge is 2.63. The van der Waals surface area contributed by atoms with Gasteiger partial charge in [0.25, 0.3) is 5.91 Å². The molecule has 5 rings (SSSR count). The second-order valence-corrected chi connectivity index (χ2v) is 11.3. The Morgan fingerprint density at radius 1 is 1.06 bits per heavy atom. The Labute approximate surface area is 202 Å². The van der Waals surface area contributed by atoms with E-state index < -0.39 is 16.7 Å². The molecule has 34 heavy (non-hydrogen) atoms. The van der Waals surface area contributed by atoms with Gasteiger partial charge >= 0.3 is 6.03 Å². The predicted octanol–water partition coefficient (Wildman–Crippen LogP) is 5.89. The average molecular weight is 476 g/mol. The number of halogens is 1. The molecule has 3 amide bonds. The number of nitrogens with one attached hydrogen (secondary N) is 1. The maximum atomic E-state index is 14.2. The summed E-state index contributed by atoms with van der Waals surface area (Å²) >= 11 is 1.50. The minimum Gasteiger partial charge on any atom is -0.308 e. The van der Waals surface area contributed by atoms with Crippen LogP contribution in [-0.4, -0.2) is 28.1 Å². The highest BCUT2D eigenvalue weighted by molar-refractivity contribution is 8.02. The number of anilines is 2. The van der Waals surface area contributed by atoms with Crippen LogP contribution in [0.25, 0.3) is 0 Å². The van der Waals surface area contributed by atoms with Crippen LogP contribution in [0, 0.1) is 12.7 Å². The van der Waals surface area contributed by atoms with Gasteiger partial charge in [-0.25, -0.2) is 9.18 Å². The number of carbonyl (C=O) groups excluding carboxylic acids is 2. The zero-order valence-electron chi connectivity index (χ0n) is 19.3. The number of thioether (sulfide) groups is 1. The van der Waals surface area contributed by atoms with E-state index in [2.05, 4.69) is 5.32 Å². The lowest BCUT2D eigenvalue weighted by Gasteiger charge is -2.33. The van der Waals surface area contributed by atoms with Crippen LogP contribution in [0.5, 0.6) is 0 Å². The van der Waals surface area contributed by atoms with Gasteiger partial charge in [0, 0.05) is 22.5 Å². The molecule has 0 aliphatic carbocycles. The third-order valence-corrected chi connectivity index (χ3v) is 7.94. The fourth-order valence-electron chi connectivity index (χ4n) is 4.83. The molecule has 1 spiro atoms. The Morgan fingerprint density at radius 2 is 1.79 bits per heavy atom. The number of amides is 3. The predicted molar refractivity (Wildman–Crippen MR) is 134 cm³/mol. The van der Waals surface area contributed by atoms with Crippen LogP contribution >= 0.6 is 11.8 Å². The lowest BCUT2D eigenvalue weighted by Crippen LogP contribution is -2.51. The summed E-state index contributed by atoms with van der Waals surface area (Å²) in [5.41, 5.74) is 4.13.